The number of nitrogens with zero attached hydrogens (tertiary/aromatic N) is 2. The topological polar surface area (TPSA) is 114 Å². The first-order chi connectivity index (χ1) is 12.8. The molecule has 2 atom stereocenters. The molecule has 0 saturated carbocycles. The van der Waals surface area contributed by atoms with Gasteiger partial charge in [-0.1, -0.05) is 19.9 Å². The average molecular weight is 380 g/mol. The van der Waals surface area contributed by atoms with Gasteiger partial charge in [-0.15, -0.1) is 0 Å². The fourth-order valence-electron chi connectivity index (χ4n) is 3.05. The Morgan fingerprint density at radius 2 is 2.11 bits per heavy atom. The van der Waals surface area contributed by atoms with Crippen molar-refractivity contribution in [1.82, 2.24) is 10.2 Å². The Morgan fingerprint density at radius 3 is 2.56 bits per heavy atom. The summed E-state index contributed by atoms with van der Waals surface area (Å²) >= 11 is 0. The van der Waals surface area contributed by atoms with Crippen molar-refractivity contribution in [3.8, 4) is 5.75 Å². The molecule has 1 aromatic rings. The first kappa shape index (κ1) is 22.7. The van der Waals surface area contributed by atoms with Crippen molar-refractivity contribution < 1.29 is 14.3 Å². The number of hydrogen-bond donors (Lipinski definition) is 3. The predicted octanol–water partition coefficient (Wildman–Crippen LogP) is 1.01. The number of likely N-dealkylation sites (N-methyl/N-ethyl adjacent to an activating group) is 2. The molecule has 1 heterocycles. The summed E-state index contributed by atoms with van der Waals surface area (Å²) in [6.07, 6.45) is 2.98. The van der Waals surface area contributed by atoms with Gasteiger partial charge in [0.05, 0.1) is 24.5 Å². The summed E-state index contributed by atoms with van der Waals surface area (Å²) in [7, 11) is 5.22. The van der Waals surface area contributed by atoms with Crippen molar-refractivity contribution in [2.75, 3.05) is 38.5 Å². The van der Waals surface area contributed by atoms with Crippen LogP contribution in [0.25, 0.3) is 0 Å². The number of carbonyl (C=O) groups is 2. The molecule has 2 unspecified atom stereocenters. The molecule has 27 heavy (non-hydrogen) atoms. The number of methoxy groups -OCH3 is 1. The number of aldehydes is 1. The van der Waals surface area contributed by atoms with Gasteiger partial charge in [0.25, 0.3) is 0 Å². The van der Waals surface area contributed by atoms with Crippen LogP contribution in [0.15, 0.2) is 18.2 Å². The van der Waals surface area contributed by atoms with Gasteiger partial charge < -0.3 is 20.6 Å². The molecule has 1 amide bonds. The fourth-order valence-corrected chi connectivity index (χ4v) is 3.05. The number of amides is 1. The molecule has 1 aliphatic rings. The van der Waals surface area contributed by atoms with Gasteiger partial charge in [-0.05, 0) is 44.5 Å². The number of ether oxygens (including phenoxy) is 1. The first-order valence-corrected chi connectivity index (χ1v) is 9.11. The van der Waals surface area contributed by atoms with Crippen molar-refractivity contribution >= 4 is 23.6 Å². The van der Waals surface area contributed by atoms with Crippen LogP contribution in [0.5, 0.6) is 5.75 Å². The zero-order valence-corrected chi connectivity index (χ0v) is 16.9. The van der Waals surface area contributed by atoms with E-state index in [-0.39, 0.29) is 17.9 Å². The summed E-state index contributed by atoms with van der Waals surface area (Å²) in [5, 5.41) is 4.04. The van der Waals surface area contributed by atoms with E-state index >= 15 is 0 Å². The second kappa shape index (κ2) is 10.7. The van der Waals surface area contributed by atoms with Gasteiger partial charge in [0.15, 0.2) is 0 Å². The maximum atomic E-state index is 11.1. The van der Waals surface area contributed by atoms with Crippen molar-refractivity contribution in [3.05, 3.63) is 18.2 Å². The highest BCUT2D eigenvalue weighted by Gasteiger charge is 2.26. The highest BCUT2D eigenvalue weighted by Crippen LogP contribution is 2.32. The van der Waals surface area contributed by atoms with Crippen LogP contribution in [0.2, 0.25) is 0 Å². The lowest BCUT2D eigenvalue weighted by atomic mass is 10.0. The van der Waals surface area contributed by atoms with E-state index in [0.29, 0.717) is 17.1 Å². The molecule has 1 fully saturated rings. The van der Waals surface area contributed by atoms with Crippen molar-refractivity contribution in [2.24, 2.45) is 11.8 Å². The molecule has 1 aromatic carbocycles. The van der Waals surface area contributed by atoms with Crippen molar-refractivity contribution in [1.29, 1.82) is 0 Å². The van der Waals surface area contributed by atoms with Crippen LogP contribution in [0.4, 0.5) is 11.4 Å². The number of likely N-dealkylation sites (tertiary alicyclic amines) is 1. The maximum Gasteiger partial charge on any atom is 0.237 e. The van der Waals surface area contributed by atoms with Crippen LogP contribution in [0.1, 0.15) is 26.7 Å². The van der Waals surface area contributed by atoms with E-state index in [0.717, 1.165) is 25.7 Å². The Bertz CT molecular complexity index is 623. The van der Waals surface area contributed by atoms with Crippen LogP contribution in [-0.4, -0.2) is 56.9 Å². The van der Waals surface area contributed by atoms with E-state index in [1.807, 2.05) is 20.9 Å². The zero-order valence-electron chi connectivity index (χ0n) is 16.9. The molecule has 152 valence electrons. The number of anilines is 2. The van der Waals surface area contributed by atoms with E-state index in [1.165, 1.54) is 12.1 Å². The molecule has 0 radical (unpaired) electrons. The normalized spacial score (nSPS) is 17.7. The number of nitrogens with one attached hydrogen (secondary N) is 1. The molecular formula is C19H33N5O3. The Kier molecular flexibility index (Phi) is 9.04. The number of nitrogen functional groups attached to an aromatic ring is 1. The number of para-hydroxylation sites is 1. The standard InChI is InChI=1S/C12H19N3O2.C7H14N2O/c1-8(2)10(7-16)15(14)9-5-4-6-11(17-3)12(9)13;1-8-7(10)6-4-3-5-9(6)2/h4-8,10H,13-14H2,1-3H3;6H,3-5H2,1-2H3,(H,8,10). The molecule has 5 N–H and O–H groups in total. The van der Waals surface area contributed by atoms with Crippen LogP contribution in [0.3, 0.4) is 0 Å². The second-order valence-electron chi connectivity index (χ2n) is 6.92. The summed E-state index contributed by atoms with van der Waals surface area (Å²) < 4.78 is 5.11. The lowest BCUT2D eigenvalue weighted by Gasteiger charge is -2.29. The number of nitrogens with two attached hydrogens (primary N) is 2. The highest BCUT2D eigenvalue weighted by atomic mass is 16.5. The molecule has 8 heteroatoms. The lowest BCUT2D eigenvalue weighted by molar-refractivity contribution is -0.124. The molecule has 1 saturated heterocycles. The minimum atomic E-state index is -0.413. The molecule has 1 aliphatic heterocycles. The van der Waals surface area contributed by atoms with E-state index < -0.39 is 6.04 Å². The minimum absolute atomic E-state index is 0.100. The largest absolute Gasteiger partial charge is 0.495 e. The summed E-state index contributed by atoms with van der Waals surface area (Å²) in [5.41, 5.74) is 6.95. The van der Waals surface area contributed by atoms with E-state index in [9.17, 15) is 9.59 Å². The minimum Gasteiger partial charge on any atom is -0.495 e. The van der Waals surface area contributed by atoms with Gasteiger partial charge in [0.1, 0.15) is 18.1 Å². The third-order valence-corrected chi connectivity index (χ3v) is 4.75. The third kappa shape index (κ3) is 5.83. The van der Waals surface area contributed by atoms with Crippen molar-refractivity contribution in [2.45, 2.75) is 38.8 Å². The zero-order chi connectivity index (χ0) is 20.6. The lowest BCUT2D eigenvalue weighted by Crippen LogP contribution is -2.45. The van der Waals surface area contributed by atoms with E-state index in [4.69, 9.17) is 16.3 Å². The highest BCUT2D eigenvalue weighted by molar-refractivity contribution is 5.81. The summed E-state index contributed by atoms with van der Waals surface area (Å²) in [4.78, 5) is 24.2. The van der Waals surface area contributed by atoms with Crippen LogP contribution in [-0.2, 0) is 9.59 Å². The summed E-state index contributed by atoms with van der Waals surface area (Å²) in [6, 6.07) is 5.01. The van der Waals surface area contributed by atoms with Gasteiger partial charge >= 0.3 is 0 Å². The number of benzene rings is 1. The molecule has 2 rings (SSSR count). The molecule has 8 nitrogen and oxygen atoms in total. The number of hydrazine groups is 1. The summed E-state index contributed by atoms with van der Waals surface area (Å²) in [5.74, 6) is 6.74. The molecule has 0 bridgehead atoms. The predicted molar refractivity (Wildman–Crippen MR) is 108 cm³/mol. The Morgan fingerprint density at radius 1 is 1.44 bits per heavy atom. The second-order valence-corrected chi connectivity index (χ2v) is 6.92. The van der Waals surface area contributed by atoms with Crippen molar-refractivity contribution in [3.63, 3.8) is 0 Å². The SMILES string of the molecule is CNC(=O)C1CCCN1C.COc1cccc(N(N)C(C=O)C(C)C)c1N. The van der Waals surface area contributed by atoms with Gasteiger partial charge in [0, 0.05) is 7.05 Å². The van der Waals surface area contributed by atoms with Gasteiger partial charge in [-0.2, -0.15) is 0 Å². The van der Waals surface area contributed by atoms with Gasteiger partial charge in [-0.3, -0.25) is 14.7 Å². The molecule has 0 spiro atoms. The number of carbonyl (C=O) groups excluding carboxylic acids is 2. The number of rotatable bonds is 6. The molecular weight excluding hydrogens is 346 g/mol. The smallest absolute Gasteiger partial charge is 0.237 e. The maximum absolute atomic E-state index is 11.1. The Balaban J connectivity index is 0.000000309. The van der Waals surface area contributed by atoms with Crippen LogP contribution >= 0.6 is 0 Å². The molecule has 0 aliphatic carbocycles. The van der Waals surface area contributed by atoms with Gasteiger partial charge in [0.2, 0.25) is 5.91 Å². The summed E-state index contributed by atoms with van der Waals surface area (Å²) in [6.45, 7) is 4.91. The Hall–Kier alpha value is -2.32. The average Bonchev–Trinajstić information content (AvgIpc) is 3.08. The van der Waals surface area contributed by atoms with Gasteiger partial charge in [-0.25, -0.2) is 5.84 Å². The number of hydrogen-bond acceptors (Lipinski definition) is 7. The Labute approximate surface area is 161 Å². The first-order valence-electron chi connectivity index (χ1n) is 9.11. The monoisotopic (exact) mass is 379 g/mol. The van der Waals surface area contributed by atoms with Crippen LogP contribution < -0.4 is 26.6 Å². The van der Waals surface area contributed by atoms with Crippen LogP contribution in [0, 0.1) is 5.92 Å². The third-order valence-electron chi connectivity index (χ3n) is 4.75. The fraction of sp³-hybridized carbons (Fsp3) is 0.579. The van der Waals surface area contributed by atoms with E-state index in [1.54, 1.807) is 25.2 Å². The van der Waals surface area contributed by atoms with E-state index in [2.05, 4.69) is 10.2 Å². The molecule has 0 aromatic heterocycles. The quantitative estimate of drug-likeness (QED) is 0.292.